The Balaban J connectivity index is 1.65. The van der Waals surface area contributed by atoms with Gasteiger partial charge in [-0.25, -0.2) is 9.79 Å². The van der Waals surface area contributed by atoms with E-state index < -0.39 is 11.6 Å². The molecule has 1 aliphatic rings. The monoisotopic (exact) mass is 433 g/mol. The highest BCUT2D eigenvalue weighted by Gasteiger charge is 2.34. The number of benzene rings is 3. The van der Waals surface area contributed by atoms with E-state index in [1.165, 1.54) is 6.07 Å². The van der Waals surface area contributed by atoms with Gasteiger partial charge in [-0.05, 0) is 68.9 Å². The predicted octanol–water partition coefficient (Wildman–Crippen LogP) is 4.17. The number of aromatic carboxylic acids is 1. The van der Waals surface area contributed by atoms with E-state index in [2.05, 4.69) is 4.99 Å². The standard InChI is InChI=1S/C25H27N3O4/c1-14-17-10-12-25(2,32-22(17)20-6-4-3-5-19(20)21(14)29)11-9-15-13-16(28-24(26)27)7-8-18(15)23(30)31/h3-8,13,29H,9-12H2,1-2H3,(H,30,31)(H4,26,27,28). The lowest BCUT2D eigenvalue weighted by molar-refractivity contribution is 0.0575. The number of ether oxygens (including phenoxy) is 1. The zero-order chi connectivity index (χ0) is 23.0. The first kappa shape index (κ1) is 21.5. The van der Waals surface area contributed by atoms with Gasteiger partial charge in [0, 0.05) is 16.3 Å². The van der Waals surface area contributed by atoms with Crippen LogP contribution in [-0.4, -0.2) is 27.7 Å². The average molecular weight is 434 g/mol. The molecule has 0 saturated heterocycles. The average Bonchev–Trinajstić information content (AvgIpc) is 2.75. The van der Waals surface area contributed by atoms with Gasteiger partial charge in [0.1, 0.15) is 17.1 Å². The SMILES string of the molecule is Cc1c2c(c3ccccc3c1O)OC(C)(CCc1cc(N=C(N)N)ccc1C(=O)O)CC2. The fourth-order valence-electron chi connectivity index (χ4n) is 4.46. The van der Waals surface area contributed by atoms with Gasteiger partial charge in [0.2, 0.25) is 0 Å². The zero-order valence-electron chi connectivity index (χ0n) is 18.2. The van der Waals surface area contributed by atoms with Crippen LogP contribution in [0, 0.1) is 6.92 Å². The number of fused-ring (bicyclic) bond motifs is 3. The highest BCUT2D eigenvalue weighted by molar-refractivity contribution is 5.96. The number of aliphatic imine (C=N–C) groups is 1. The first-order valence-corrected chi connectivity index (χ1v) is 10.6. The van der Waals surface area contributed by atoms with Crippen LogP contribution < -0.4 is 16.2 Å². The van der Waals surface area contributed by atoms with E-state index >= 15 is 0 Å². The van der Waals surface area contributed by atoms with Gasteiger partial charge in [-0.2, -0.15) is 0 Å². The van der Waals surface area contributed by atoms with E-state index in [1.807, 2.05) is 38.1 Å². The van der Waals surface area contributed by atoms with Gasteiger partial charge < -0.3 is 26.4 Å². The maximum atomic E-state index is 11.7. The molecule has 4 rings (SSSR count). The lowest BCUT2D eigenvalue weighted by Crippen LogP contribution is -2.37. The normalized spacial score (nSPS) is 17.4. The molecule has 7 heteroatoms. The number of aryl methyl sites for hydroxylation is 1. The number of hydrogen-bond acceptors (Lipinski definition) is 4. The summed E-state index contributed by atoms with van der Waals surface area (Å²) < 4.78 is 6.56. The third-order valence-corrected chi connectivity index (χ3v) is 6.26. The van der Waals surface area contributed by atoms with Crippen molar-refractivity contribution in [2.45, 2.75) is 45.1 Å². The molecule has 0 aliphatic carbocycles. The van der Waals surface area contributed by atoms with Crippen LogP contribution in [0.3, 0.4) is 0 Å². The first-order chi connectivity index (χ1) is 15.2. The summed E-state index contributed by atoms with van der Waals surface area (Å²) >= 11 is 0. The van der Waals surface area contributed by atoms with Crippen LogP contribution in [0.15, 0.2) is 47.5 Å². The number of nitrogens with two attached hydrogens (primary N) is 2. The molecule has 0 saturated carbocycles. The number of nitrogens with zero attached hydrogens (tertiary/aromatic N) is 1. The maximum absolute atomic E-state index is 11.7. The van der Waals surface area contributed by atoms with Crippen LogP contribution in [0.4, 0.5) is 5.69 Å². The van der Waals surface area contributed by atoms with Gasteiger partial charge in [0.25, 0.3) is 0 Å². The van der Waals surface area contributed by atoms with Gasteiger partial charge in [-0.15, -0.1) is 0 Å². The van der Waals surface area contributed by atoms with Crippen molar-refractivity contribution >= 4 is 28.4 Å². The van der Waals surface area contributed by atoms with E-state index in [0.717, 1.165) is 40.5 Å². The van der Waals surface area contributed by atoms with Crippen molar-refractivity contribution in [3.8, 4) is 11.5 Å². The molecule has 6 N–H and O–H groups in total. The number of carbonyl (C=O) groups is 1. The molecule has 7 nitrogen and oxygen atoms in total. The van der Waals surface area contributed by atoms with Crippen LogP contribution in [0.2, 0.25) is 0 Å². The summed E-state index contributed by atoms with van der Waals surface area (Å²) in [6, 6.07) is 12.5. The molecule has 3 aromatic carbocycles. The van der Waals surface area contributed by atoms with E-state index in [0.29, 0.717) is 29.8 Å². The van der Waals surface area contributed by atoms with Crippen molar-refractivity contribution in [2.75, 3.05) is 0 Å². The van der Waals surface area contributed by atoms with Gasteiger partial charge in [0.05, 0.1) is 11.3 Å². The Morgan fingerprint density at radius 3 is 2.59 bits per heavy atom. The molecule has 0 amide bonds. The third kappa shape index (κ3) is 3.93. The highest BCUT2D eigenvalue weighted by atomic mass is 16.5. The Morgan fingerprint density at radius 2 is 1.91 bits per heavy atom. The van der Waals surface area contributed by atoms with Gasteiger partial charge >= 0.3 is 5.97 Å². The predicted molar refractivity (Wildman–Crippen MR) is 125 cm³/mol. The Bertz CT molecular complexity index is 1250. The number of carboxylic acids is 1. The number of hydrogen-bond donors (Lipinski definition) is 4. The van der Waals surface area contributed by atoms with Crippen molar-refractivity contribution in [2.24, 2.45) is 16.5 Å². The van der Waals surface area contributed by atoms with Crippen LogP contribution in [-0.2, 0) is 12.8 Å². The molecule has 1 aliphatic heterocycles. The van der Waals surface area contributed by atoms with Crippen LogP contribution >= 0.6 is 0 Å². The lowest BCUT2D eigenvalue weighted by Gasteiger charge is -2.37. The lowest BCUT2D eigenvalue weighted by atomic mass is 9.84. The van der Waals surface area contributed by atoms with Crippen molar-refractivity contribution < 1.29 is 19.7 Å². The molecule has 0 aromatic heterocycles. The molecular weight excluding hydrogens is 406 g/mol. The molecule has 0 spiro atoms. The zero-order valence-corrected chi connectivity index (χ0v) is 18.2. The van der Waals surface area contributed by atoms with Gasteiger partial charge in [0.15, 0.2) is 5.96 Å². The van der Waals surface area contributed by atoms with E-state index in [9.17, 15) is 15.0 Å². The summed E-state index contributed by atoms with van der Waals surface area (Å²) in [5.41, 5.74) is 13.7. The van der Waals surface area contributed by atoms with Crippen molar-refractivity contribution in [3.63, 3.8) is 0 Å². The summed E-state index contributed by atoms with van der Waals surface area (Å²) in [6.45, 7) is 3.97. The van der Waals surface area contributed by atoms with Crippen LogP contribution in [0.5, 0.6) is 11.5 Å². The summed E-state index contributed by atoms with van der Waals surface area (Å²) in [6.07, 6.45) is 2.65. The summed E-state index contributed by atoms with van der Waals surface area (Å²) in [5, 5.41) is 21.9. The Morgan fingerprint density at radius 1 is 1.19 bits per heavy atom. The van der Waals surface area contributed by atoms with Gasteiger partial charge in [-0.1, -0.05) is 24.3 Å². The Hall–Kier alpha value is -3.74. The topological polar surface area (TPSA) is 131 Å². The molecule has 1 atom stereocenters. The molecule has 0 bridgehead atoms. The van der Waals surface area contributed by atoms with Gasteiger partial charge in [-0.3, -0.25) is 0 Å². The molecule has 3 aromatic rings. The van der Waals surface area contributed by atoms with Crippen molar-refractivity contribution in [3.05, 3.63) is 64.7 Å². The number of aromatic hydroxyl groups is 1. The molecule has 1 unspecified atom stereocenters. The molecule has 0 radical (unpaired) electrons. The number of rotatable bonds is 5. The fraction of sp³-hybridized carbons (Fsp3) is 0.280. The number of phenolic OH excluding ortho intramolecular Hbond substituents is 1. The number of carboxylic acid groups (broad SMARTS) is 1. The second kappa shape index (κ2) is 8.07. The Kier molecular flexibility index (Phi) is 5.42. The molecule has 32 heavy (non-hydrogen) atoms. The minimum absolute atomic E-state index is 0.0799. The second-order valence-corrected chi connectivity index (χ2v) is 8.56. The summed E-state index contributed by atoms with van der Waals surface area (Å²) in [7, 11) is 0. The smallest absolute Gasteiger partial charge is 0.335 e. The maximum Gasteiger partial charge on any atom is 0.335 e. The minimum Gasteiger partial charge on any atom is -0.507 e. The fourth-order valence-corrected chi connectivity index (χ4v) is 4.46. The summed E-state index contributed by atoms with van der Waals surface area (Å²) in [4.78, 5) is 15.8. The molecule has 166 valence electrons. The first-order valence-electron chi connectivity index (χ1n) is 10.6. The summed E-state index contributed by atoms with van der Waals surface area (Å²) in [5.74, 6) is 0.0312. The minimum atomic E-state index is -0.992. The van der Waals surface area contributed by atoms with E-state index in [4.69, 9.17) is 16.2 Å². The molecule has 0 fully saturated rings. The number of guanidine groups is 1. The van der Waals surface area contributed by atoms with E-state index in [1.54, 1.807) is 12.1 Å². The second-order valence-electron chi connectivity index (χ2n) is 8.56. The van der Waals surface area contributed by atoms with Crippen LogP contribution in [0.1, 0.15) is 46.8 Å². The number of phenols is 1. The van der Waals surface area contributed by atoms with Crippen LogP contribution in [0.25, 0.3) is 10.8 Å². The Labute approximate surface area is 186 Å². The van der Waals surface area contributed by atoms with E-state index in [-0.39, 0.29) is 11.5 Å². The highest BCUT2D eigenvalue weighted by Crippen LogP contribution is 2.46. The van der Waals surface area contributed by atoms with Crippen molar-refractivity contribution in [1.82, 2.24) is 0 Å². The molecular formula is C25H27N3O4. The quantitative estimate of drug-likeness (QED) is 0.353. The third-order valence-electron chi connectivity index (χ3n) is 6.26. The van der Waals surface area contributed by atoms with Crippen molar-refractivity contribution in [1.29, 1.82) is 0 Å². The largest absolute Gasteiger partial charge is 0.507 e. The molecule has 1 heterocycles.